The molecule has 0 radical (unpaired) electrons. The molecule has 3 aromatic rings. The molecule has 30 heavy (non-hydrogen) atoms. The van der Waals surface area contributed by atoms with Crippen molar-refractivity contribution in [2.45, 2.75) is 35.8 Å². The zero-order valence-electron chi connectivity index (χ0n) is 17.3. The molecule has 0 spiro atoms. The molecule has 0 aromatic heterocycles. The Morgan fingerprint density at radius 2 is 1.63 bits per heavy atom. The van der Waals surface area contributed by atoms with Gasteiger partial charge in [0.2, 0.25) is 0 Å². The Kier molecular flexibility index (Phi) is 4.85. The van der Waals surface area contributed by atoms with Crippen LogP contribution in [0.3, 0.4) is 0 Å². The molecule has 152 valence electrons. The standard InChI is InChI=1S/C25H27BO3Si/c1-29-21-13-15-22(16-14-21)30-17-7-12-23(19-8-3-2-4-9-19)25(30,26(27)28)24-11-6-5-10-20(24)18-30/h2-6,8-11,13-16,23,27-28H,7,12,17-18H2,1H3/t23-,25-,30+/m0/s1. The van der Waals surface area contributed by atoms with Gasteiger partial charge in [-0.3, -0.25) is 0 Å². The van der Waals surface area contributed by atoms with Crippen LogP contribution in [0.2, 0.25) is 6.04 Å². The van der Waals surface area contributed by atoms with Crippen LogP contribution in [-0.4, -0.2) is 32.4 Å². The van der Waals surface area contributed by atoms with Crippen molar-refractivity contribution >= 4 is 20.4 Å². The van der Waals surface area contributed by atoms with Gasteiger partial charge in [-0.25, -0.2) is 0 Å². The summed E-state index contributed by atoms with van der Waals surface area (Å²) in [6.45, 7) is 0. The van der Waals surface area contributed by atoms with Crippen LogP contribution in [-0.2, 0) is 11.0 Å². The molecular formula is C25H27BO3Si. The Balaban J connectivity index is 1.80. The summed E-state index contributed by atoms with van der Waals surface area (Å²) < 4.78 is 5.41. The molecule has 3 nitrogen and oxygen atoms in total. The maximum absolute atomic E-state index is 11.2. The number of rotatable bonds is 4. The van der Waals surface area contributed by atoms with Gasteiger partial charge < -0.3 is 14.8 Å². The lowest BCUT2D eigenvalue weighted by Gasteiger charge is -2.53. The van der Waals surface area contributed by atoms with Gasteiger partial charge in [0.05, 0.1) is 7.11 Å². The second kappa shape index (κ2) is 7.41. The van der Waals surface area contributed by atoms with Crippen molar-refractivity contribution in [3.63, 3.8) is 0 Å². The van der Waals surface area contributed by atoms with Crippen molar-refractivity contribution in [3.05, 3.63) is 95.6 Å². The van der Waals surface area contributed by atoms with E-state index in [-0.39, 0.29) is 5.92 Å². The lowest BCUT2D eigenvalue weighted by Crippen LogP contribution is -2.72. The molecule has 3 aromatic carbocycles. The van der Waals surface area contributed by atoms with Crippen LogP contribution in [0.4, 0.5) is 0 Å². The van der Waals surface area contributed by atoms with Crippen LogP contribution in [0, 0.1) is 0 Å². The largest absolute Gasteiger partial charge is 0.497 e. The lowest BCUT2D eigenvalue weighted by molar-refractivity contribution is 0.340. The van der Waals surface area contributed by atoms with Gasteiger partial charge in [-0.15, -0.1) is 0 Å². The van der Waals surface area contributed by atoms with Crippen molar-refractivity contribution in [1.82, 2.24) is 0 Å². The van der Waals surface area contributed by atoms with E-state index in [2.05, 4.69) is 60.7 Å². The zero-order chi connectivity index (χ0) is 20.8. The minimum absolute atomic E-state index is 0.0878. The third-order valence-electron chi connectivity index (χ3n) is 7.64. The van der Waals surface area contributed by atoms with Gasteiger partial charge in [-0.05, 0) is 47.2 Å². The molecule has 0 unspecified atom stereocenters. The highest BCUT2D eigenvalue weighted by Gasteiger charge is 2.69. The third-order valence-corrected chi connectivity index (χ3v) is 13.7. The highest BCUT2D eigenvalue weighted by molar-refractivity contribution is 7.01. The summed E-state index contributed by atoms with van der Waals surface area (Å²) in [5, 5.41) is 23.7. The molecule has 2 aliphatic heterocycles. The molecule has 2 heterocycles. The van der Waals surface area contributed by atoms with Gasteiger partial charge in [0.1, 0.15) is 13.8 Å². The first kappa shape index (κ1) is 19.6. The second-order valence-corrected chi connectivity index (χ2v) is 13.2. The number of ether oxygens (including phenoxy) is 1. The summed E-state index contributed by atoms with van der Waals surface area (Å²) in [5.41, 5.74) is 3.65. The Morgan fingerprint density at radius 3 is 2.33 bits per heavy atom. The number of fused-ring (bicyclic) bond motifs is 3. The van der Waals surface area contributed by atoms with Crippen molar-refractivity contribution < 1.29 is 14.8 Å². The van der Waals surface area contributed by atoms with E-state index in [9.17, 15) is 10.0 Å². The van der Waals surface area contributed by atoms with Gasteiger partial charge in [0.25, 0.3) is 0 Å². The first-order valence-electron chi connectivity index (χ1n) is 10.8. The van der Waals surface area contributed by atoms with Crippen molar-refractivity contribution in [3.8, 4) is 5.75 Å². The fourth-order valence-electron chi connectivity index (χ4n) is 6.54. The summed E-state index contributed by atoms with van der Waals surface area (Å²) in [6, 6.07) is 29.4. The molecule has 2 aliphatic rings. The minimum Gasteiger partial charge on any atom is -0.497 e. The van der Waals surface area contributed by atoms with Crippen LogP contribution in [0.5, 0.6) is 5.75 Å². The van der Waals surface area contributed by atoms with Crippen LogP contribution in [0.25, 0.3) is 0 Å². The van der Waals surface area contributed by atoms with Gasteiger partial charge in [0, 0.05) is 4.94 Å². The van der Waals surface area contributed by atoms with E-state index in [4.69, 9.17) is 4.74 Å². The Bertz CT molecular complexity index is 1040. The number of benzene rings is 3. The lowest BCUT2D eigenvalue weighted by atomic mass is 9.57. The van der Waals surface area contributed by atoms with E-state index < -0.39 is 20.1 Å². The number of methoxy groups -OCH3 is 1. The SMILES string of the molecule is COc1ccc([Si@]23CCC[C@@H](c4ccccc4)[C@@]2(B(O)O)c2ccccc2C3)cc1. The van der Waals surface area contributed by atoms with Crippen LogP contribution in [0.15, 0.2) is 78.9 Å². The predicted molar refractivity (Wildman–Crippen MR) is 124 cm³/mol. The summed E-state index contributed by atoms with van der Waals surface area (Å²) in [4.78, 5) is -0.655. The molecular weight excluding hydrogens is 387 g/mol. The Hall–Kier alpha value is -2.34. The Labute approximate surface area is 179 Å². The second-order valence-electron chi connectivity index (χ2n) is 8.74. The maximum Gasteiger partial charge on any atom is 0.460 e. The number of hydrogen-bond donors (Lipinski definition) is 2. The highest BCUT2D eigenvalue weighted by atomic mass is 28.3. The molecule has 0 aliphatic carbocycles. The quantitative estimate of drug-likeness (QED) is 0.643. The van der Waals surface area contributed by atoms with E-state index >= 15 is 0 Å². The van der Waals surface area contributed by atoms with Crippen LogP contribution < -0.4 is 9.92 Å². The molecule has 5 heteroatoms. The monoisotopic (exact) mass is 414 g/mol. The average molecular weight is 414 g/mol. The van der Waals surface area contributed by atoms with E-state index in [0.29, 0.717) is 0 Å². The van der Waals surface area contributed by atoms with Gasteiger partial charge in [-0.2, -0.15) is 0 Å². The van der Waals surface area contributed by atoms with E-state index in [1.807, 2.05) is 18.2 Å². The zero-order valence-corrected chi connectivity index (χ0v) is 18.3. The number of hydrogen-bond acceptors (Lipinski definition) is 3. The Morgan fingerprint density at radius 1 is 0.933 bits per heavy atom. The van der Waals surface area contributed by atoms with E-state index in [1.54, 1.807) is 7.11 Å². The molecule has 0 bridgehead atoms. The molecule has 3 atom stereocenters. The van der Waals surface area contributed by atoms with E-state index in [1.165, 1.54) is 16.3 Å². The fourth-order valence-corrected chi connectivity index (χ4v) is 13.2. The normalized spacial score (nSPS) is 27.2. The smallest absolute Gasteiger partial charge is 0.460 e. The predicted octanol–water partition coefficient (Wildman–Crippen LogP) is 3.51. The van der Waals surface area contributed by atoms with Gasteiger partial charge in [0.15, 0.2) is 0 Å². The average Bonchev–Trinajstić information content (AvgIpc) is 3.12. The highest BCUT2D eigenvalue weighted by Crippen LogP contribution is 2.59. The van der Waals surface area contributed by atoms with Gasteiger partial charge in [-0.1, -0.05) is 84.4 Å². The van der Waals surface area contributed by atoms with Crippen LogP contribution >= 0.6 is 0 Å². The minimum atomic E-state index is -2.38. The summed E-state index contributed by atoms with van der Waals surface area (Å²) >= 11 is 0. The molecule has 2 N–H and O–H groups in total. The first-order chi connectivity index (χ1) is 14.6. The molecule has 0 amide bonds. The summed E-state index contributed by atoms with van der Waals surface area (Å²) in [5.74, 6) is 0.926. The third kappa shape index (κ3) is 2.59. The first-order valence-corrected chi connectivity index (χ1v) is 13.2. The van der Waals surface area contributed by atoms with E-state index in [0.717, 1.165) is 36.2 Å². The molecule has 5 rings (SSSR count). The topological polar surface area (TPSA) is 49.7 Å². The maximum atomic E-state index is 11.2. The van der Waals surface area contributed by atoms with Crippen molar-refractivity contribution in [2.24, 2.45) is 0 Å². The molecule has 1 fully saturated rings. The fraction of sp³-hybridized carbons (Fsp3) is 0.280. The summed E-state index contributed by atoms with van der Waals surface area (Å²) in [6.07, 6.45) is 2.08. The summed E-state index contributed by atoms with van der Waals surface area (Å²) in [7, 11) is -2.10. The van der Waals surface area contributed by atoms with Crippen molar-refractivity contribution in [2.75, 3.05) is 7.11 Å². The van der Waals surface area contributed by atoms with Gasteiger partial charge >= 0.3 is 7.12 Å². The van der Waals surface area contributed by atoms with Crippen LogP contribution in [0.1, 0.15) is 35.4 Å². The molecule has 0 saturated carbocycles. The van der Waals surface area contributed by atoms with Crippen molar-refractivity contribution in [1.29, 1.82) is 0 Å². The molecule has 1 saturated heterocycles.